The molecule has 0 radical (unpaired) electrons. The highest BCUT2D eigenvalue weighted by Crippen LogP contribution is 2.45. The largest absolute Gasteiger partial charge is 0.310 e. The van der Waals surface area contributed by atoms with Crippen LogP contribution in [0.1, 0.15) is 37.8 Å². The smallest absolute Gasteiger partial charge is 0.231 e. The van der Waals surface area contributed by atoms with E-state index < -0.39 is 0 Å². The number of aryl methyl sites for hydroxylation is 1. The summed E-state index contributed by atoms with van der Waals surface area (Å²) in [6, 6.07) is 2.05. The van der Waals surface area contributed by atoms with Crippen molar-refractivity contribution in [3.05, 3.63) is 23.4 Å². The van der Waals surface area contributed by atoms with Crippen molar-refractivity contribution in [2.24, 2.45) is 11.3 Å². The van der Waals surface area contributed by atoms with E-state index in [1.165, 1.54) is 35.5 Å². The van der Waals surface area contributed by atoms with Crippen LogP contribution in [-0.2, 0) is 11.3 Å². The first-order valence-electron chi connectivity index (χ1n) is 8.54. The number of aromatic nitrogens is 1. The minimum atomic E-state index is -0.295. The fourth-order valence-corrected chi connectivity index (χ4v) is 4.05. The average molecular weight is 334 g/mol. The van der Waals surface area contributed by atoms with Crippen molar-refractivity contribution in [1.82, 2.24) is 9.88 Å². The molecule has 0 atom stereocenters. The first-order chi connectivity index (χ1) is 11.0. The van der Waals surface area contributed by atoms with Gasteiger partial charge in [0, 0.05) is 42.8 Å². The second-order valence-electron chi connectivity index (χ2n) is 7.33. The van der Waals surface area contributed by atoms with Gasteiger partial charge in [-0.05, 0) is 42.9 Å². The third-order valence-corrected chi connectivity index (χ3v) is 6.08. The molecular weight excluding hydrogens is 306 g/mol. The van der Waals surface area contributed by atoms with Crippen LogP contribution in [0.25, 0.3) is 0 Å². The number of carbonyl (C=O) groups is 1. The molecule has 1 saturated heterocycles. The molecule has 126 valence electrons. The van der Waals surface area contributed by atoms with Gasteiger partial charge in [-0.2, -0.15) is 11.8 Å². The van der Waals surface area contributed by atoms with E-state index in [-0.39, 0.29) is 11.3 Å². The van der Waals surface area contributed by atoms with Crippen LogP contribution in [0.15, 0.2) is 12.3 Å². The quantitative estimate of drug-likeness (QED) is 0.898. The third kappa shape index (κ3) is 4.07. The lowest BCUT2D eigenvalue weighted by Gasteiger charge is -2.27. The summed E-state index contributed by atoms with van der Waals surface area (Å²) in [5, 5.41) is 3.04. The van der Waals surface area contributed by atoms with E-state index in [0.717, 1.165) is 19.6 Å². The van der Waals surface area contributed by atoms with Crippen molar-refractivity contribution in [3.8, 4) is 0 Å². The van der Waals surface area contributed by atoms with E-state index in [1.54, 1.807) is 0 Å². The molecule has 1 aliphatic heterocycles. The first-order valence-corrected chi connectivity index (χ1v) is 9.69. The molecule has 2 heterocycles. The van der Waals surface area contributed by atoms with Gasteiger partial charge in [0.2, 0.25) is 5.91 Å². The Morgan fingerprint density at radius 2 is 2.09 bits per heavy atom. The van der Waals surface area contributed by atoms with Crippen molar-refractivity contribution in [2.75, 3.05) is 29.9 Å². The summed E-state index contributed by atoms with van der Waals surface area (Å²) >= 11 is 2.03. The van der Waals surface area contributed by atoms with E-state index in [0.29, 0.717) is 11.7 Å². The second kappa shape index (κ2) is 6.81. The topological polar surface area (TPSA) is 45.2 Å². The summed E-state index contributed by atoms with van der Waals surface area (Å²) < 4.78 is 0. The van der Waals surface area contributed by atoms with Crippen LogP contribution in [0.3, 0.4) is 0 Å². The predicted molar refractivity (Wildman–Crippen MR) is 96.7 cm³/mol. The lowest BCUT2D eigenvalue weighted by molar-refractivity contribution is -0.124. The van der Waals surface area contributed by atoms with Crippen molar-refractivity contribution >= 4 is 23.5 Å². The molecule has 4 nitrogen and oxygen atoms in total. The molecule has 0 bridgehead atoms. The molecule has 1 amide bonds. The lowest BCUT2D eigenvalue weighted by Crippen LogP contribution is -2.33. The molecule has 23 heavy (non-hydrogen) atoms. The van der Waals surface area contributed by atoms with Gasteiger partial charge in [0.1, 0.15) is 5.82 Å². The van der Waals surface area contributed by atoms with E-state index in [2.05, 4.69) is 28.2 Å². The van der Waals surface area contributed by atoms with Gasteiger partial charge < -0.3 is 5.32 Å². The van der Waals surface area contributed by atoms with Crippen LogP contribution in [0.2, 0.25) is 0 Å². The fourth-order valence-electron chi connectivity index (χ4n) is 3.07. The first kappa shape index (κ1) is 16.8. The summed E-state index contributed by atoms with van der Waals surface area (Å²) in [5.41, 5.74) is 2.17. The number of nitrogens with zero attached hydrogens (tertiary/aromatic N) is 2. The van der Waals surface area contributed by atoms with Crippen LogP contribution in [0, 0.1) is 18.3 Å². The molecule has 0 unspecified atom stereocenters. The van der Waals surface area contributed by atoms with E-state index >= 15 is 0 Å². The SMILES string of the molecule is Cc1cnc(NC(=O)C(C)(C)C2CC2)cc1CN1CCSCC1. The van der Waals surface area contributed by atoms with Gasteiger partial charge in [-0.1, -0.05) is 13.8 Å². The van der Waals surface area contributed by atoms with Gasteiger partial charge in [0.15, 0.2) is 0 Å². The monoisotopic (exact) mass is 333 g/mol. The zero-order chi connectivity index (χ0) is 16.4. The maximum Gasteiger partial charge on any atom is 0.231 e. The molecule has 5 heteroatoms. The van der Waals surface area contributed by atoms with Gasteiger partial charge in [-0.15, -0.1) is 0 Å². The van der Waals surface area contributed by atoms with Crippen molar-refractivity contribution in [1.29, 1.82) is 0 Å². The molecule has 1 N–H and O–H groups in total. The van der Waals surface area contributed by atoms with Crippen molar-refractivity contribution in [2.45, 2.75) is 40.2 Å². The Hall–Kier alpha value is -1.07. The minimum absolute atomic E-state index is 0.0941. The third-order valence-electron chi connectivity index (χ3n) is 5.14. The van der Waals surface area contributed by atoms with Crippen LogP contribution < -0.4 is 5.32 Å². The number of thioether (sulfide) groups is 1. The summed E-state index contributed by atoms with van der Waals surface area (Å²) in [5.74, 6) is 3.73. The molecule has 1 aliphatic carbocycles. The molecular formula is C18H27N3OS. The molecule has 0 aromatic carbocycles. The van der Waals surface area contributed by atoms with Crippen LogP contribution in [0.4, 0.5) is 5.82 Å². The van der Waals surface area contributed by atoms with E-state index in [4.69, 9.17) is 0 Å². The fraction of sp³-hybridized carbons (Fsp3) is 0.667. The average Bonchev–Trinajstić information content (AvgIpc) is 3.37. The summed E-state index contributed by atoms with van der Waals surface area (Å²) in [7, 11) is 0. The standard InChI is InChI=1S/C18H27N3OS/c1-13-11-19-16(20-17(22)18(2,3)15-4-5-15)10-14(13)12-21-6-8-23-9-7-21/h10-11,15H,4-9,12H2,1-3H3,(H,19,20,22). The normalized spacial score (nSPS) is 19.6. The van der Waals surface area contributed by atoms with Gasteiger partial charge >= 0.3 is 0 Å². The number of pyridine rings is 1. The Balaban J connectivity index is 1.68. The van der Waals surface area contributed by atoms with Gasteiger partial charge in [0.05, 0.1) is 0 Å². The maximum atomic E-state index is 12.5. The number of anilines is 1. The molecule has 1 aromatic heterocycles. The summed E-state index contributed by atoms with van der Waals surface area (Å²) in [4.78, 5) is 19.4. The van der Waals surface area contributed by atoms with Gasteiger partial charge in [-0.3, -0.25) is 9.69 Å². The van der Waals surface area contributed by atoms with Gasteiger partial charge in [0.25, 0.3) is 0 Å². The van der Waals surface area contributed by atoms with E-state index in [9.17, 15) is 4.79 Å². The maximum absolute atomic E-state index is 12.5. The molecule has 2 aliphatic rings. The van der Waals surface area contributed by atoms with E-state index in [1.807, 2.05) is 31.8 Å². The number of hydrogen-bond donors (Lipinski definition) is 1. The lowest BCUT2D eigenvalue weighted by atomic mass is 9.86. The highest BCUT2D eigenvalue weighted by Gasteiger charge is 2.43. The van der Waals surface area contributed by atoms with Crippen LogP contribution >= 0.6 is 11.8 Å². The summed E-state index contributed by atoms with van der Waals surface area (Å²) in [6.07, 6.45) is 4.22. The molecule has 1 saturated carbocycles. The van der Waals surface area contributed by atoms with Gasteiger partial charge in [-0.25, -0.2) is 4.98 Å². The zero-order valence-corrected chi connectivity index (χ0v) is 15.2. The Kier molecular flexibility index (Phi) is 4.97. The molecule has 2 fully saturated rings. The van der Waals surface area contributed by atoms with Crippen LogP contribution in [0.5, 0.6) is 0 Å². The molecule has 0 spiro atoms. The minimum Gasteiger partial charge on any atom is -0.310 e. The Morgan fingerprint density at radius 3 is 2.74 bits per heavy atom. The number of rotatable bonds is 5. The van der Waals surface area contributed by atoms with Crippen molar-refractivity contribution < 1.29 is 4.79 Å². The molecule has 3 rings (SSSR count). The number of amides is 1. The highest BCUT2D eigenvalue weighted by molar-refractivity contribution is 7.99. The van der Waals surface area contributed by atoms with Crippen molar-refractivity contribution in [3.63, 3.8) is 0 Å². The number of nitrogens with one attached hydrogen (secondary N) is 1. The molecule has 1 aromatic rings. The predicted octanol–water partition coefficient (Wildman–Crippen LogP) is 3.31. The Bertz CT molecular complexity index is 578. The number of hydrogen-bond acceptors (Lipinski definition) is 4. The summed E-state index contributed by atoms with van der Waals surface area (Å²) in [6.45, 7) is 9.41. The zero-order valence-electron chi connectivity index (χ0n) is 14.4. The van der Waals surface area contributed by atoms with Crippen LogP contribution in [-0.4, -0.2) is 40.4 Å². The second-order valence-corrected chi connectivity index (χ2v) is 8.56. The number of carbonyl (C=O) groups excluding carboxylic acids is 1. The Morgan fingerprint density at radius 1 is 1.39 bits per heavy atom. The highest BCUT2D eigenvalue weighted by atomic mass is 32.2. The Labute approximate surface area is 143 Å².